The van der Waals surface area contributed by atoms with Crippen molar-refractivity contribution in [1.82, 2.24) is 14.9 Å². The highest BCUT2D eigenvalue weighted by Crippen LogP contribution is 2.22. The van der Waals surface area contributed by atoms with Gasteiger partial charge in [-0.2, -0.15) is 0 Å². The normalized spacial score (nSPS) is 12.8. The molecule has 0 aliphatic heterocycles. The lowest BCUT2D eigenvalue weighted by atomic mass is 10.1. The summed E-state index contributed by atoms with van der Waals surface area (Å²) in [6.07, 6.45) is 3.70. The molecule has 1 unspecified atom stereocenters. The fourth-order valence-corrected chi connectivity index (χ4v) is 2.90. The zero-order chi connectivity index (χ0) is 14.5. The van der Waals surface area contributed by atoms with E-state index in [0.29, 0.717) is 12.6 Å². The molecule has 0 radical (unpaired) electrons. The first kappa shape index (κ1) is 14.7. The van der Waals surface area contributed by atoms with Gasteiger partial charge in [-0.3, -0.25) is 4.79 Å². The van der Waals surface area contributed by atoms with E-state index in [0.717, 1.165) is 10.6 Å². The minimum Gasteiger partial charge on any atom is -0.481 e. The van der Waals surface area contributed by atoms with Crippen LogP contribution >= 0.6 is 11.3 Å². The summed E-state index contributed by atoms with van der Waals surface area (Å²) in [6, 6.07) is 4.08. The van der Waals surface area contributed by atoms with Gasteiger partial charge in [0.05, 0.1) is 24.5 Å². The first-order valence-corrected chi connectivity index (χ1v) is 7.45. The molecule has 0 bridgehead atoms. The Morgan fingerprint density at radius 2 is 2.35 bits per heavy atom. The molecule has 108 valence electrons. The molecule has 0 aliphatic carbocycles. The maximum atomic E-state index is 11.0. The highest BCUT2D eigenvalue weighted by Gasteiger charge is 2.17. The van der Waals surface area contributed by atoms with Crippen LogP contribution in [-0.4, -0.2) is 20.6 Å². The van der Waals surface area contributed by atoms with Crippen molar-refractivity contribution < 1.29 is 9.90 Å². The van der Waals surface area contributed by atoms with E-state index in [-0.39, 0.29) is 12.5 Å². The smallest absolute Gasteiger partial charge is 0.305 e. The van der Waals surface area contributed by atoms with Crippen LogP contribution in [0.1, 0.15) is 42.9 Å². The van der Waals surface area contributed by atoms with Crippen molar-refractivity contribution in [2.24, 2.45) is 0 Å². The lowest BCUT2D eigenvalue weighted by molar-refractivity contribution is -0.137. The van der Waals surface area contributed by atoms with E-state index in [1.165, 1.54) is 0 Å². The largest absolute Gasteiger partial charge is 0.481 e. The molecule has 5 nitrogen and oxygen atoms in total. The number of carboxylic acids is 1. The Hall–Kier alpha value is -1.66. The molecular formula is C14H19N3O2S. The lowest BCUT2D eigenvalue weighted by Gasteiger charge is -2.17. The van der Waals surface area contributed by atoms with Gasteiger partial charge in [-0.15, -0.1) is 11.3 Å². The van der Waals surface area contributed by atoms with E-state index in [4.69, 9.17) is 5.11 Å². The highest BCUT2D eigenvalue weighted by atomic mass is 32.1. The minimum atomic E-state index is -0.798. The number of nitrogens with zero attached hydrogens (tertiary/aromatic N) is 2. The van der Waals surface area contributed by atoms with Crippen molar-refractivity contribution in [2.75, 3.05) is 0 Å². The summed E-state index contributed by atoms with van der Waals surface area (Å²) in [5, 5.41) is 14.3. The Bertz CT molecular complexity index is 549. The SMILES string of the molecule is CC(C)n1cncc1CNC(CC(=O)O)c1cccs1. The predicted molar refractivity (Wildman–Crippen MR) is 78.8 cm³/mol. The number of thiophene rings is 1. The zero-order valence-corrected chi connectivity index (χ0v) is 12.4. The Kier molecular flexibility index (Phi) is 4.92. The number of aromatic nitrogens is 2. The van der Waals surface area contributed by atoms with E-state index in [1.807, 2.05) is 23.7 Å². The van der Waals surface area contributed by atoms with E-state index in [2.05, 4.69) is 28.7 Å². The summed E-state index contributed by atoms with van der Waals surface area (Å²) in [5.74, 6) is -0.798. The van der Waals surface area contributed by atoms with Gasteiger partial charge in [0.15, 0.2) is 0 Å². The molecule has 6 heteroatoms. The predicted octanol–water partition coefficient (Wildman–Crippen LogP) is 2.83. The molecule has 0 spiro atoms. The molecule has 0 fully saturated rings. The quantitative estimate of drug-likeness (QED) is 0.823. The first-order chi connectivity index (χ1) is 9.58. The average Bonchev–Trinajstić information content (AvgIpc) is 3.04. The van der Waals surface area contributed by atoms with Crippen LogP contribution in [0, 0.1) is 0 Å². The molecular weight excluding hydrogens is 274 g/mol. The van der Waals surface area contributed by atoms with Gasteiger partial charge in [0.25, 0.3) is 0 Å². The number of nitrogens with one attached hydrogen (secondary N) is 1. The van der Waals surface area contributed by atoms with E-state index < -0.39 is 5.97 Å². The molecule has 2 rings (SSSR count). The Morgan fingerprint density at radius 1 is 1.55 bits per heavy atom. The monoisotopic (exact) mass is 293 g/mol. The van der Waals surface area contributed by atoms with Gasteiger partial charge in [0, 0.05) is 23.7 Å². The van der Waals surface area contributed by atoms with Gasteiger partial charge in [-0.05, 0) is 25.3 Å². The van der Waals surface area contributed by atoms with Crippen LogP contribution in [0.4, 0.5) is 0 Å². The maximum Gasteiger partial charge on any atom is 0.305 e. The molecule has 1 atom stereocenters. The van der Waals surface area contributed by atoms with Crippen LogP contribution in [0.5, 0.6) is 0 Å². The van der Waals surface area contributed by atoms with Crippen molar-refractivity contribution in [3.63, 3.8) is 0 Å². The summed E-state index contributed by atoms with van der Waals surface area (Å²) in [6.45, 7) is 4.80. The van der Waals surface area contributed by atoms with Crippen molar-refractivity contribution >= 4 is 17.3 Å². The molecule has 20 heavy (non-hydrogen) atoms. The number of carboxylic acid groups (broad SMARTS) is 1. The van der Waals surface area contributed by atoms with Crippen LogP contribution < -0.4 is 5.32 Å². The summed E-state index contributed by atoms with van der Waals surface area (Å²) >= 11 is 1.57. The molecule has 0 saturated carbocycles. The molecule has 2 aromatic heterocycles. The van der Waals surface area contributed by atoms with Gasteiger partial charge in [0.2, 0.25) is 0 Å². The second-order valence-corrected chi connectivity index (χ2v) is 5.91. The van der Waals surface area contributed by atoms with Gasteiger partial charge >= 0.3 is 5.97 Å². The van der Waals surface area contributed by atoms with E-state index in [9.17, 15) is 4.79 Å². The van der Waals surface area contributed by atoms with Crippen LogP contribution in [0.3, 0.4) is 0 Å². The number of rotatable bonds is 7. The zero-order valence-electron chi connectivity index (χ0n) is 11.6. The Balaban J connectivity index is 2.05. The number of carbonyl (C=O) groups is 1. The van der Waals surface area contributed by atoms with Crippen molar-refractivity contribution in [1.29, 1.82) is 0 Å². The average molecular weight is 293 g/mol. The molecule has 0 amide bonds. The summed E-state index contributed by atoms with van der Waals surface area (Å²) < 4.78 is 2.08. The molecule has 2 aromatic rings. The van der Waals surface area contributed by atoms with Crippen LogP contribution in [0.25, 0.3) is 0 Å². The molecule has 2 N–H and O–H groups in total. The van der Waals surface area contributed by atoms with Gasteiger partial charge in [0.1, 0.15) is 0 Å². The van der Waals surface area contributed by atoms with Crippen LogP contribution in [0.2, 0.25) is 0 Å². The molecule has 2 heterocycles. The van der Waals surface area contributed by atoms with E-state index in [1.54, 1.807) is 17.7 Å². The van der Waals surface area contributed by atoms with Crippen molar-refractivity contribution in [3.05, 3.63) is 40.6 Å². The summed E-state index contributed by atoms with van der Waals surface area (Å²) in [5.41, 5.74) is 1.06. The van der Waals surface area contributed by atoms with E-state index >= 15 is 0 Å². The van der Waals surface area contributed by atoms with Crippen LogP contribution in [0.15, 0.2) is 30.0 Å². The molecule has 0 aliphatic rings. The minimum absolute atomic E-state index is 0.0797. The standard InChI is InChI=1S/C14H19N3O2S/c1-10(2)17-9-15-7-11(17)8-16-12(6-14(18)19)13-4-3-5-20-13/h3-5,7,9-10,12,16H,6,8H2,1-2H3,(H,18,19). The van der Waals surface area contributed by atoms with Crippen LogP contribution in [-0.2, 0) is 11.3 Å². The maximum absolute atomic E-state index is 11.0. The Morgan fingerprint density at radius 3 is 2.95 bits per heavy atom. The third-order valence-corrected chi connectivity index (χ3v) is 4.08. The molecule has 0 aromatic carbocycles. The number of imidazole rings is 1. The highest BCUT2D eigenvalue weighted by molar-refractivity contribution is 7.10. The lowest BCUT2D eigenvalue weighted by Crippen LogP contribution is -2.24. The number of hydrogen-bond acceptors (Lipinski definition) is 4. The second kappa shape index (κ2) is 6.67. The Labute approximate surface area is 122 Å². The summed E-state index contributed by atoms with van der Waals surface area (Å²) in [4.78, 5) is 16.2. The van der Waals surface area contributed by atoms with Crippen molar-refractivity contribution in [3.8, 4) is 0 Å². The third kappa shape index (κ3) is 3.68. The van der Waals surface area contributed by atoms with Crippen molar-refractivity contribution in [2.45, 2.75) is 38.9 Å². The molecule has 0 saturated heterocycles. The van der Waals surface area contributed by atoms with Gasteiger partial charge in [-0.1, -0.05) is 6.07 Å². The first-order valence-electron chi connectivity index (χ1n) is 6.57. The third-order valence-electron chi connectivity index (χ3n) is 3.10. The number of aliphatic carboxylic acids is 1. The number of hydrogen-bond donors (Lipinski definition) is 2. The topological polar surface area (TPSA) is 67.2 Å². The van der Waals surface area contributed by atoms with Gasteiger partial charge in [-0.25, -0.2) is 4.98 Å². The van der Waals surface area contributed by atoms with Gasteiger partial charge < -0.3 is 15.0 Å². The fraction of sp³-hybridized carbons (Fsp3) is 0.429. The second-order valence-electron chi connectivity index (χ2n) is 4.93. The fourth-order valence-electron chi connectivity index (χ4n) is 2.10. The summed E-state index contributed by atoms with van der Waals surface area (Å²) in [7, 11) is 0.